The number of para-hydroxylation sites is 1. The first-order valence-corrected chi connectivity index (χ1v) is 8.85. The molecule has 2 aromatic rings. The second kappa shape index (κ2) is 7.45. The summed E-state index contributed by atoms with van der Waals surface area (Å²) in [5.41, 5.74) is 3.08. The van der Waals surface area contributed by atoms with Crippen molar-refractivity contribution in [2.24, 2.45) is 5.10 Å². The number of nitro groups is 1. The fourth-order valence-corrected chi connectivity index (χ4v) is 3.92. The van der Waals surface area contributed by atoms with E-state index in [4.69, 9.17) is 0 Å². The molecule has 1 aliphatic rings. The highest BCUT2D eigenvalue weighted by atomic mass is 32.2. The standard InChI is InChI=1S/C15H12N4O4S2/c20-13(18-16-8-9-5-6-14(24-9)19(22)23)7-12-15(21)17-10-3-1-2-4-11(10)25-12/h1-6,8,12H,7H2,(H,17,21)(H,18,20)/b16-8+. The number of thioether (sulfide) groups is 1. The van der Waals surface area contributed by atoms with Crippen molar-refractivity contribution in [3.8, 4) is 0 Å². The summed E-state index contributed by atoms with van der Waals surface area (Å²) < 4.78 is 0. The summed E-state index contributed by atoms with van der Waals surface area (Å²) in [5, 5.41) is 16.6. The predicted molar refractivity (Wildman–Crippen MR) is 96.0 cm³/mol. The van der Waals surface area contributed by atoms with Crippen molar-refractivity contribution >= 4 is 51.8 Å². The molecule has 1 aromatic heterocycles. The highest BCUT2D eigenvalue weighted by Crippen LogP contribution is 2.36. The van der Waals surface area contributed by atoms with E-state index >= 15 is 0 Å². The number of nitrogens with one attached hydrogen (secondary N) is 2. The van der Waals surface area contributed by atoms with E-state index < -0.39 is 16.1 Å². The first-order chi connectivity index (χ1) is 12.0. The van der Waals surface area contributed by atoms with Crippen molar-refractivity contribution in [1.29, 1.82) is 0 Å². The Hall–Kier alpha value is -2.72. The van der Waals surface area contributed by atoms with Crippen LogP contribution in [0.25, 0.3) is 0 Å². The van der Waals surface area contributed by atoms with Crippen molar-refractivity contribution < 1.29 is 14.5 Å². The molecule has 0 aliphatic carbocycles. The zero-order chi connectivity index (χ0) is 17.8. The number of hydrazone groups is 1. The highest BCUT2D eigenvalue weighted by Gasteiger charge is 2.28. The SMILES string of the molecule is O=C(CC1Sc2ccccc2NC1=O)N/N=C/c1ccc([N+](=O)[O-])s1. The molecule has 2 heterocycles. The molecule has 0 saturated carbocycles. The van der Waals surface area contributed by atoms with Crippen LogP contribution in [0.3, 0.4) is 0 Å². The molecular formula is C15H12N4O4S2. The van der Waals surface area contributed by atoms with Gasteiger partial charge in [0.25, 0.3) is 0 Å². The summed E-state index contributed by atoms with van der Waals surface area (Å²) in [4.78, 5) is 35.6. The number of rotatable bonds is 5. The van der Waals surface area contributed by atoms with Gasteiger partial charge in [-0.05, 0) is 18.2 Å². The van der Waals surface area contributed by atoms with Gasteiger partial charge in [0.15, 0.2) is 0 Å². The lowest BCUT2D eigenvalue weighted by molar-refractivity contribution is -0.380. The molecule has 2 amide bonds. The largest absolute Gasteiger partial charge is 0.324 e. The van der Waals surface area contributed by atoms with E-state index in [1.807, 2.05) is 18.2 Å². The molecule has 0 spiro atoms. The molecule has 3 rings (SSSR count). The maximum Gasteiger partial charge on any atom is 0.324 e. The molecule has 1 unspecified atom stereocenters. The molecule has 0 bridgehead atoms. The van der Waals surface area contributed by atoms with Crippen LogP contribution >= 0.6 is 23.1 Å². The number of anilines is 1. The summed E-state index contributed by atoms with van der Waals surface area (Å²) in [6, 6.07) is 10.3. The van der Waals surface area contributed by atoms with E-state index in [-0.39, 0.29) is 17.3 Å². The highest BCUT2D eigenvalue weighted by molar-refractivity contribution is 8.01. The minimum absolute atomic E-state index is 0.00159. The molecule has 10 heteroatoms. The Morgan fingerprint density at radius 2 is 2.16 bits per heavy atom. The molecule has 2 N–H and O–H groups in total. The van der Waals surface area contributed by atoms with Gasteiger partial charge in [0.05, 0.1) is 27.0 Å². The van der Waals surface area contributed by atoms with Crippen molar-refractivity contribution in [2.75, 3.05) is 5.32 Å². The number of thiophene rings is 1. The van der Waals surface area contributed by atoms with E-state index in [0.717, 1.165) is 21.9 Å². The Morgan fingerprint density at radius 3 is 2.92 bits per heavy atom. The van der Waals surface area contributed by atoms with E-state index in [1.165, 1.54) is 24.0 Å². The van der Waals surface area contributed by atoms with E-state index in [1.54, 1.807) is 12.1 Å². The Morgan fingerprint density at radius 1 is 1.36 bits per heavy atom. The smallest absolute Gasteiger partial charge is 0.324 e. The number of nitrogens with zero attached hydrogens (tertiary/aromatic N) is 2. The number of fused-ring (bicyclic) bond motifs is 1. The minimum Gasteiger partial charge on any atom is -0.324 e. The summed E-state index contributed by atoms with van der Waals surface area (Å²) in [5.74, 6) is -0.633. The lowest BCUT2D eigenvalue weighted by Crippen LogP contribution is -2.33. The Bertz CT molecular complexity index is 865. The molecule has 1 aromatic carbocycles. The molecule has 0 saturated heterocycles. The fourth-order valence-electron chi connectivity index (χ4n) is 2.12. The predicted octanol–water partition coefficient (Wildman–Crippen LogP) is 2.61. The van der Waals surface area contributed by atoms with Gasteiger partial charge in [0, 0.05) is 17.4 Å². The van der Waals surface area contributed by atoms with Gasteiger partial charge < -0.3 is 5.32 Å². The lowest BCUT2D eigenvalue weighted by atomic mass is 10.2. The summed E-state index contributed by atoms with van der Waals surface area (Å²) >= 11 is 2.29. The van der Waals surface area contributed by atoms with Crippen LogP contribution in [-0.4, -0.2) is 28.2 Å². The third-order valence-corrected chi connectivity index (χ3v) is 5.50. The molecule has 0 radical (unpaired) electrons. The quantitative estimate of drug-likeness (QED) is 0.473. The average Bonchev–Trinajstić information content (AvgIpc) is 3.05. The molecule has 0 fully saturated rings. The van der Waals surface area contributed by atoms with E-state index in [2.05, 4.69) is 15.8 Å². The third kappa shape index (κ3) is 4.22. The first kappa shape index (κ1) is 17.1. The van der Waals surface area contributed by atoms with E-state index in [0.29, 0.717) is 4.88 Å². The van der Waals surface area contributed by atoms with Crippen LogP contribution in [-0.2, 0) is 9.59 Å². The Labute approximate surface area is 150 Å². The number of benzene rings is 1. The van der Waals surface area contributed by atoms with Crippen molar-refractivity contribution in [3.63, 3.8) is 0 Å². The molecule has 25 heavy (non-hydrogen) atoms. The monoisotopic (exact) mass is 376 g/mol. The van der Waals surface area contributed by atoms with Gasteiger partial charge in [0.1, 0.15) is 0 Å². The number of hydrogen-bond acceptors (Lipinski definition) is 7. The zero-order valence-electron chi connectivity index (χ0n) is 12.7. The molecular weight excluding hydrogens is 364 g/mol. The normalized spacial score (nSPS) is 16.3. The van der Waals surface area contributed by atoms with E-state index in [9.17, 15) is 19.7 Å². The zero-order valence-corrected chi connectivity index (χ0v) is 14.3. The Kier molecular flexibility index (Phi) is 5.10. The third-order valence-electron chi connectivity index (χ3n) is 3.25. The summed E-state index contributed by atoms with van der Waals surface area (Å²) in [7, 11) is 0. The van der Waals surface area contributed by atoms with Gasteiger partial charge in [-0.1, -0.05) is 23.5 Å². The number of amides is 2. The van der Waals surface area contributed by atoms with Gasteiger partial charge in [-0.25, -0.2) is 5.43 Å². The summed E-state index contributed by atoms with van der Waals surface area (Å²) in [6.07, 6.45) is 1.31. The van der Waals surface area contributed by atoms with Crippen LogP contribution in [0.2, 0.25) is 0 Å². The summed E-state index contributed by atoms with van der Waals surface area (Å²) in [6.45, 7) is 0. The van der Waals surface area contributed by atoms with Crippen LogP contribution in [0.5, 0.6) is 0 Å². The van der Waals surface area contributed by atoms with Crippen molar-refractivity contribution in [1.82, 2.24) is 5.43 Å². The lowest BCUT2D eigenvalue weighted by Gasteiger charge is -2.23. The van der Waals surface area contributed by atoms with Crippen LogP contribution < -0.4 is 10.7 Å². The molecule has 8 nitrogen and oxygen atoms in total. The number of carbonyl (C=O) groups excluding carboxylic acids is 2. The molecule has 1 aliphatic heterocycles. The van der Waals surface area contributed by atoms with Gasteiger partial charge in [-0.3, -0.25) is 19.7 Å². The minimum atomic E-state index is -0.534. The molecule has 128 valence electrons. The average molecular weight is 376 g/mol. The first-order valence-electron chi connectivity index (χ1n) is 7.15. The maximum atomic E-state index is 12.0. The van der Waals surface area contributed by atoms with Gasteiger partial charge in [0.2, 0.25) is 11.8 Å². The second-order valence-electron chi connectivity index (χ2n) is 5.02. The fraction of sp³-hybridized carbons (Fsp3) is 0.133. The van der Waals surface area contributed by atoms with Gasteiger partial charge in [-0.15, -0.1) is 11.8 Å². The van der Waals surface area contributed by atoms with Crippen LogP contribution in [0.4, 0.5) is 10.7 Å². The van der Waals surface area contributed by atoms with Crippen molar-refractivity contribution in [3.05, 3.63) is 51.4 Å². The Balaban J connectivity index is 1.55. The maximum absolute atomic E-state index is 12.0. The number of hydrogen-bond donors (Lipinski definition) is 2. The van der Waals surface area contributed by atoms with Crippen LogP contribution in [0.1, 0.15) is 11.3 Å². The van der Waals surface area contributed by atoms with Crippen molar-refractivity contribution in [2.45, 2.75) is 16.6 Å². The topological polar surface area (TPSA) is 114 Å². The van der Waals surface area contributed by atoms with Crippen LogP contribution in [0.15, 0.2) is 46.4 Å². The number of carbonyl (C=O) groups is 2. The van der Waals surface area contributed by atoms with Gasteiger partial charge >= 0.3 is 5.00 Å². The second-order valence-corrected chi connectivity index (χ2v) is 7.36. The molecule has 1 atom stereocenters. The van der Waals surface area contributed by atoms with Crippen LogP contribution in [0, 0.1) is 10.1 Å². The van der Waals surface area contributed by atoms with Gasteiger partial charge in [-0.2, -0.15) is 5.10 Å².